The molecule has 0 aliphatic carbocycles. The number of ether oxygens (including phenoxy) is 1. The van der Waals surface area contributed by atoms with Crippen LogP contribution < -0.4 is 21.1 Å². The number of hydrogen-bond acceptors (Lipinski definition) is 8. The summed E-state index contributed by atoms with van der Waals surface area (Å²) in [4.78, 5) is 36.4. The monoisotopic (exact) mass is 530 g/mol. The van der Waals surface area contributed by atoms with Crippen molar-refractivity contribution in [2.45, 2.75) is 56.7 Å². The second-order valence-electron chi connectivity index (χ2n) is 10.0. The number of carbonyl (C=O) groups is 1. The number of esters is 1. The molecule has 6 rings (SSSR count). The molecule has 37 heavy (non-hydrogen) atoms. The third kappa shape index (κ3) is 4.05. The third-order valence-electron chi connectivity index (χ3n) is 7.37. The largest absolute Gasteiger partial charge is 0.460 e. The topological polar surface area (TPSA) is 101 Å². The molecular weight excluding hydrogens is 506 g/mol. The quantitative estimate of drug-likeness (QED) is 0.479. The zero-order valence-electron chi connectivity index (χ0n) is 20.2. The summed E-state index contributed by atoms with van der Waals surface area (Å²) in [5.74, 6) is -2.64. The van der Waals surface area contributed by atoms with Crippen LogP contribution >= 0.6 is 11.6 Å². The van der Waals surface area contributed by atoms with E-state index in [1.54, 1.807) is 25.2 Å². The summed E-state index contributed by atoms with van der Waals surface area (Å²) < 4.78 is 34.8. The molecule has 3 aliphatic rings. The smallest absolute Gasteiger partial charge is 0.346 e. The highest BCUT2D eigenvalue weighted by molar-refractivity contribution is 6.33. The number of nitrogens with one attached hydrogen (secondary N) is 2. The number of nitrogens with zero attached hydrogens (tertiary/aromatic N) is 4. The number of cyclic esters (lactones) is 1. The van der Waals surface area contributed by atoms with E-state index in [1.807, 2.05) is 11.8 Å². The van der Waals surface area contributed by atoms with Gasteiger partial charge in [0.1, 0.15) is 17.2 Å². The summed E-state index contributed by atoms with van der Waals surface area (Å²) in [5.41, 5.74) is 1.16. The Hall–Kier alpha value is -3.47. The number of piperidine rings is 1. The molecule has 2 N–H and O–H groups in total. The van der Waals surface area contributed by atoms with E-state index < -0.39 is 17.5 Å². The Balaban J connectivity index is 1.39. The number of anilines is 4. The van der Waals surface area contributed by atoms with Crippen molar-refractivity contribution < 1.29 is 18.3 Å². The molecule has 5 heterocycles. The number of rotatable bonds is 3. The number of pyridine rings is 1. The molecule has 0 saturated carbocycles. The zero-order chi connectivity index (χ0) is 26.1. The Morgan fingerprint density at radius 2 is 1.95 bits per heavy atom. The van der Waals surface area contributed by atoms with Crippen LogP contribution in [0.1, 0.15) is 43.0 Å². The highest BCUT2D eigenvalue weighted by Gasteiger charge is 2.50. The summed E-state index contributed by atoms with van der Waals surface area (Å²) in [6.07, 6.45) is 2.41. The molecule has 194 valence electrons. The van der Waals surface area contributed by atoms with Crippen molar-refractivity contribution in [3.8, 4) is 0 Å². The molecule has 0 spiro atoms. The van der Waals surface area contributed by atoms with Crippen LogP contribution in [0.25, 0.3) is 10.9 Å². The van der Waals surface area contributed by atoms with E-state index in [1.165, 1.54) is 10.8 Å². The van der Waals surface area contributed by atoms with Gasteiger partial charge in [-0.1, -0.05) is 11.6 Å². The number of fused-ring (bicyclic) bond motifs is 5. The van der Waals surface area contributed by atoms with Gasteiger partial charge in [-0.15, -0.1) is 0 Å². The molecule has 2 unspecified atom stereocenters. The predicted molar refractivity (Wildman–Crippen MR) is 136 cm³/mol. The lowest BCUT2D eigenvalue weighted by atomic mass is 9.99. The van der Waals surface area contributed by atoms with Crippen LogP contribution in [0.4, 0.5) is 31.9 Å². The SMILES string of the molecule is C[C@H]1COC(=O)c2c(c3cc(Nc4nc(N5C6CCC5CC(F)(F)C6)ncc4Cl)ccc3n(C)c2=O)N1. The minimum Gasteiger partial charge on any atom is -0.460 e. The highest BCUT2D eigenvalue weighted by atomic mass is 35.5. The maximum absolute atomic E-state index is 14.1. The Bertz CT molecular complexity index is 1480. The minimum atomic E-state index is -2.67. The van der Waals surface area contributed by atoms with Gasteiger partial charge in [0.05, 0.1) is 23.4 Å². The van der Waals surface area contributed by atoms with Crippen LogP contribution in [0.5, 0.6) is 0 Å². The molecule has 1 aromatic carbocycles. The maximum Gasteiger partial charge on any atom is 0.346 e. The molecule has 0 amide bonds. The first kappa shape index (κ1) is 23.9. The van der Waals surface area contributed by atoms with E-state index in [0.717, 1.165) is 0 Å². The fourth-order valence-corrected chi connectivity index (χ4v) is 5.83. The van der Waals surface area contributed by atoms with Crippen LogP contribution in [0, 0.1) is 0 Å². The van der Waals surface area contributed by atoms with Crippen molar-refractivity contribution in [1.82, 2.24) is 14.5 Å². The molecule has 9 nitrogen and oxygen atoms in total. The average Bonchev–Trinajstić information content (AvgIpc) is 3.04. The molecule has 3 aromatic rings. The number of carbonyl (C=O) groups excluding carboxylic acids is 1. The molecule has 0 radical (unpaired) electrons. The Labute approximate surface area is 215 Å². The lowest BCUT2D eigenvalue weighted by Crippen LogP contribution is -2.48. The molecule has 2 saturated heterocycles. The van der Waals surface area contributed by atoms with E-state index in [4.69, 9.17) is 16.3 Å². The van der Waals surface area contributed by atoms with Crippen molar-refractivity contribution in [3.63, 3.8) is 0 Å². The van der Waals surface area contributed by atoms with Gasteiger partial charge in [0, 0.05) is 43.0 Å². The Kier molecular flexibility index (Phi) is 5.52. The number of halogens is 3. The second kappa shape index (κ2) is 8.54. The van der Waals surface area contributed by atoms with Gasteiger partial charge in [0.25, 0.3) is 11.5 Å². The van der Waals surface area contributed by atoms with Crippen molar-refractivity contribution >= 4 is 51.6 Å². The van der Waals surface area contributed by atoms with Crippen LogP contribution in [-0.4, -0.2) is 51.2 Å². The van der Waals surface area contributed by atoms with Crippen LogP contribution in [0.2, 0.25) is 5.02 Å². The van der Waals surface area contributed by atoms with Gasteiger partial charge in [0.15, 0.2) is 5.82 Å². The van der Waals surface area contributed by atoms with E-state index in [0.29, 0.717) is 46.9 Å². The number of aryl methyl sites for hydroxylation is 1. The fraction of sp³-hybridized carbons (Fsp3) is 0.440. The van der Waals surface area contributed by atoms with Crippen LogP contribution in [-0.2, 0) is 11.8 Å². The minimum absolute atomic E-state index is 0.0452. The first-order chi connectivity index (χ1) is 17.6. The molecule has 2 aromatic heterocycles. The first-order valence-electron chi connectivity index (χ1n) is 12.2. The summed E-state index contributed by atoms with van der Waals surface area (Å²) in [6, 6.07) is 4.53. The highest BCUT2D eigenvalue weighted by Crippen LogP contribution is 2.45. The normalized spacial score (nSPS) is 24.3. The zero-order valence-corrected chi connectivity index (χ0v) is 21.0. The van der Waals surface area contributed by atoms with Crippen molar-refractivity contribution in [2.75, 3.05) is 22.1 Å². The predicted octanol–water partition coefficient (Wildman–Crippen LogP) is 4.46. The summed E-state index contributed by atoms with van der Waals surface area (Å²) >= 11 is 6.41. The second-order valence-corrected chi connectivity index (χ2v) is 10.4. The van der Waals surface area contributed by atoms with Gasteiger partial charge in [-0.2, -0.15) is 4.98 Å². The third-order valence-corrected chi connectivity index (χ3v) is 7.65. The molecule has 2 fully saturated rings. The van der Waals surface area contributed by atoms with Gasteiger partial charge in [-0.3, -0.25) is 4.79 Å². The van der Waals surface area contributed by atoms with E-state index in [2.05, 4.69) is 20.6 Å². The number of benzene rings is 1. The Morgan fingerprint density at radius 3 is 2.68 bits per heavy atom. The van der Waals surface area contributed by atoms with Gasteiger partial charge in [0.2, 0.25) is 5.95 Å². The summed E-state index contributed by atoms with van der Waals surface area (Å²) in [6.45, 7) is 2.00. The summed E-state index contributed by atoms with van der Waals surface area (Å²) in [5, 5.41) is 7.35. The first-order valence-corrected chi connectivity index (χ1v) is 12.6. The maximum atomic E-state index is 14.1. The van der Waals surface area contributed by atoms with Gasteiger partial charge >= 0.3 is 5.97 Å². The van der Waals surface area contributed by atoms with Gasteiger partial charge < -0.3 is 24.8 Å². The van der Waals surface area contributed by atoms with Gasteiger partial charge in [-0.25, -0.2) is 18.6 Å². The van der Waals surface area contributed by atoms with E-state index in [-0.39, 0.29) is 48.2 Å². The van der Waals surface area contributed by atoms with Crippen molar-refractivity contribution in [1.29, 1.82) is 0 Å². The molecule has 3 aliphatic heterocycles. The van der Waals surface area contributed by atoms with E-state index >= 15 is 0 Å². The number of alkyl halides is 2. The fourth-order valence-electron chi connectivity index (χ4n) is 5.69. The summed E-state index contributed by atoms with van der Waals surface area (Å²) in [7, 11) is 1.60. The average molecular weight is 531 g/mol. The van der Waals surface area contributed by atoms with Gasteiger partial charge in [-0.05, 0) is 38.0 Å². The molecule has 3 atom stereocenters. The van der Waals surface area contributed by atoms with Crippen LogP contribution in [0.15, 0.2) is 29.2 Å². The molecule has 12 heteroatoms. The van der Waals surface area contributed by atoms with Crippen molar-refractivity contribution in [3.05, 3.63) is 45.3 Å². The molecule has 2 bridgehead atoms. The number of aromatic nitrogens is 3. The molecular formula is C25H25ClF2N6O3. The van der Waals surface area contributed by atoms with Crippen molar-refractivity contribution in [2.24, 2.45) is 7.05 Å². The standard InChI is InChI=1S/C25H25ClF2N6O3/c1-12-11-37-23(36)19-20(30-12)16-7-13(3-6-18(16)33(2)22(19)35)31-21-17(26)10-29-24(32-21)34-14-4-5-15(34)9-25(27,28)8-14/h3,6-7,10,12,14-15,30H,4-5,8-9,11H2,1-2H3,(H,29,31,32)/t12-,14?,15?/m0/s1. The van der Waals surface area contributed by atoms with Crippen LogP contribution in [0.3, 0.4) is 0 Å². The Morgan fingerprint density at radius 1 is 1.22 bits per heavy atom. The van der Waals surface area contributed by atoms with E-state index in [9.17, 15) is 18.4 Å². The lowest BCUT2D eigenvalue weighted by Gasteiger charge is -2.38. The number of hydrogen-bond donors (Lipinski definition) is 2. The lowest BCUT2D eigenvalue weighted by molar-refractivity contribution is -0.0360.